The average molecular weight is 326 g/mol. The van der Waals surface area contributed by atoms with Crippen molar-refractivity contribution in [2.24, 2.45) is 0 Å². The number of aromatic nitrogens is 1. The largest absolute Gasteiger partial charge is 0.480 e. The van der Waals surface area contributed by atoms with E-state index in [9.17, 15) is 14.7 Å². The lowest BCUT2D eigenvalue weighted by molar-refractivity contribution is -0.144. The minimum Gasteiger partial charge on any atom is -0.480 e. The van der Waals surface area contributed by atoms with Gasteiger partial charge in [-0.25, -0.2) is 9.78 Å². The summed E-state index contributed by atoms with van der Waals surface area (Å²) in [6.45, 7) is 1.32. The first kappa shape index (κ1) is 15.6. The van der Waals surface area contributed by atoms with E-state index in [1.807, 2.05) is 17.5 Å². The van der Waals surface area contributed by atoms with Crippen LogP contribution in [0.3, 0.4) is 0 Å². The topological polar surface area (TPSA) is 99.5 Å². The third kappa shape index (κ3) is 4.10. The van der Waals surface area contributed by atoms with Gasteiger partial charge in [-0.1, -0.05) is 6.07 Å². The van der Waals surface area contributed by atoms with Crippen LogP contribution in [0.1, 0.15) is 12.6 Å². The maximum absolute atomic E-state index is 11.8. The Balaban J connectivity index is 1.98. The molecule has 8 heteroatoms. The first-order chi connectivity index (χ1) is 9.97. The van der Waals surface area contributed by atoms with Gasteiger partial charge in [0.05, 0.1) is 23.1 Å². The number of nitrogens with zero attached hydrogens (tertiary/aromatic N) is 1. The van der Waals surface area contributed by atoms with Crippen molar-refractivity contribution in [3.8, 4) is 9.88 Å². The van der Waals surface area contributed by atoms with Crippen molar-refractivity contribution in [3.63, 3.8) is 0 Å². The minimum absolute atomic E-state index is 0.0155. The van der Waals surface area contributed by atoms with Crippen LogP contribution >= 0.6 is 22.7 Å². The van der Waals surface area contributed by atoms with Gasteiger partial charge in [0.1, 0.15) is 5.01 Å². The predicted octanol–water partition coefficient (Wildman–Crippen LogP) is 1.36. The van der Waals surface area contributed by atoms with Crippen molar-refractivity contribution >= 4 is 34.6 Å². The molecule has 21 heavy (non-hydrogen) atoms. The second-order valence-corrected chi connectivity index (χ2v) is 6.23. The number of rotatable bonds is 6. The normalized spacial score (nSPS) is 13.6. The van der Waals surface area contributed by atoms with Crippen molar-refractivity contribution in [1.82, 2.24) is 10.3 Å². The number of hydrogen-bond acceptors (Lipinski definition) is 6. The number of thiophene rings is 1. The number of carboxylic acids is 1. The standard InChI is InChI=1S/C13H14N2O4S2/c1-7(16)11(13(18)19)15-10(17)5-8-6-21-12(14-8)9-3-2-4-20-9/h2-4,6-7,11,16H,5H2,1H3,(H,15,17)(H,18,19)/t7-,11+/m1/s1. The lowest BCUT2D eigenvalue weighted by atomic mass is 10.2. The van der Waals surface area contributed by atoms with Gasteiger partial charge in [-0.05, 0) is 18.4 Å². The Hall–Kier alpha value is -1.77. The Labute approximate surface area is 129 Å². The zero-order valence-electron chi connectivity index (χ0n) is 11.1. The zero-order chi connectivity index (χ0) is 15.4. The highest BCUT2D eigenvalue weighted by molar-refractivity contribution is 7.20. The van der Waals surface area contributed by atoms with E-state index >= 15 is 0 Å². The Morgan fingerprint density at radius 1 is 1.43 bits per heavy atom. The molecular weight excluding hydrogens is 312 g/mol. The summed E-state index contributed by atoms with van der Waals surface area (Å²) in [4.78, 5) is 28.1. The molecule has 0 saturated heterocycles. The molecule has 2 rings (SSSR count). The number of thiazole rings is 1. The van der Waals surface area contributed by atoms with Crippen molar-refractivity contribution in [3.05, 3.63) is 28.6 Å². The molecule has 0 fully saturated rings. The molecule has 0 aliphatic heterocycles. The summed E-state index contributed by atoms with van der Waals surface area (Å²) in [5.74, 6) is -1.75. The van der Waals surface area contributed by atoms with Gasteiger partial charge in [0.2, 0.25) is 5.91 Å². The summed E-state index contributed by atoms with van der Waals surface area (Å²) in [6, 6.07) is 2.56. The summed E-state index contributed by atoms with van der Waals surface area (Å²) in [6.07, 6.45) is -1.18. The van der Waals surface area contributed by atoms with Gasteiger partial charge in [-0.2, -0.15) is 0 Å². The van der Waals surface area contributed by atoms with Gasteiger partial charge in [0, 0.05) is 5.38 Å². The van der Waals surface area contributed by atoms with Crippen molar-refractivity contribution in [2.45, 2.75) is 25.5 Å². The number of carbonyl (C=O) groups excluding carboxylic acids is 1. The Morgan fingerprint density at radius 3 is 2.76 bits per heavy atom. The van der Waals surface area contributed by atoms with Crippen LogP contribution in [0.25, 0.3) is 9.88 Å². The number of hydrogen-bond donors (Lipinski definition) is 3. The summed E-state index contributed by atoms with van der Waals surface area (Å²) in [7, 11) is 0. The Morgan fingerprint density at radius 2 is 2.19 bits per heavy atom. The van der Waals surface area contributed by atoms with Crippen LogP contribution in [0.5, 0.6) is 0 Å². The van der Waals surface area contributed by atoms with Crippen LogP contribution in [-0.4, -0.2) is 39.2 Å². The summed E-state index contributed by atoms with van der Waals surface area (Å²) >= 11 is 3.00. The molecule has 1 amide bonds. The van der Waals surface area contributed by atoms with Crippen molar-refractivity contribution in [2.75, 3.05) is 0 Å². The van der Waals surface area contributed by atoms with E-state index in [-0.39, 0.29) is 6.42 Å². The molecule has 3 N–H and O–H groups in total. The molecule has 0 radical (unpaired) electrons. The highest BCUT2D eigenvalue weighted by Gasteiger charge is 2.25. The molecule has 0 aliphatic rings. The highest BCUT2D eigenvalue weighted by atomic mass is 32.1. The van der Waals surface area contributed by atoms with Crippen molar-refractivity contribution in [1.29, 1.82) is 0 Å². The summed E-state index contributed by atoms with van der Waals surface area (Å²) in [5, 5.41) is 25.1. The number of carboxylic acid groups (broad SMARTS) is 1. The zero-order valence-corrected chi connectivity index (χ0v) is 12.8. The second-order valence-electron chi connectivity index (χ2n) is 4.42. The molecule has 0 unspecified atom stereocenters. The molecule has 0 aromatic carbocycles. The third-order valence-corrected chi connectivity index (χ3v) is 4.62. The third-order valence-electron chi connectivity index (χ3n) is 2.69. The number of aliphatic hydroxyl groups is 1. The molecule has 2 atom stereocenters. The lowest BCUT2D eigenvalue weighted by Gasteiger charge is -2.16. The monoisotopic (exact) mass is 326 g/mol. The molecular formula is C13H14N2O4S2. The average Bonchev–Trinajstić information content (AvgIpc) is 3.05. The van der Waals surface area contributed by atoms with E-state index in [1.165, 1.54) is 18.3 Å². The van der Waals surface area contributed by atoms with E-state index in [0.717, 1.165) is 9.88 Å². The fourth-order valence-electron chi connectivity index (χ4n) is 1.68. The summed E-state index contributed by atoms with van der Waals surface area (Å²) in [5.41, 5.74) is 0.579. The maximum atomic E-state index is 11.8. The molecule has 0 bridgehead atoms. The molecule has 2 heterocycles. The van der Waals surface area contributed by atoms with Crippen LogP contribution in [0, 0.1) is 0 Å². The van der Waals surface area contributed by atoms with E-state index in [0.29, 0.717) is 5.69 Å². The lowest BCUT2D eigenvalue weighted by Crippen LogP contribution is -2.48. The van der Waals surface area contributed by atoms with E-state index in [1.54, 1.807) is 16.7 Å². The predicted molar refractivity (Wildman–Crippen MR) is 80.4 cm³/mol. The van der Waals surface area contributed by atoms with Crippen LogP contribution in [0.2, 0.25) is 0 Å². The van der Waals surface area contributed by atoms with Gasteiger partial charge >= 0.3 is 5.97 Å². The number of aliphatic carboxylic acids is 1. The van der Waals surface area contributed by atoms with Gasteiger partial charge < -0.3 is 15.5 Å². The number of carbonyl (C=O) groups is 2. The molecule has 0 spiro atoms. The number of aliphatic hydroxyl groups excluding tert-OH is 1. The molecule has 2 aromatic heterocycles. The molecule has 2 aromatic rings. The van der Waals surface area contributed by atoms with Gasteiger partial charge in [-0.3, -0.25) is 4.79 Å². The molecule has 0 saturated carbocycles. The first-order valence-electron chi connectivity index (χ1n) is 6.16. The fraction of sp³-hybridized carbons (Fsp3) is 0.308. The Bertz CT molecular complexity index is 622. The van der Waals surface area contributed by atoms with E-state index < -0.39 is 24.0 Å². The minimum atomic E-state index is -1.31. The number of nitrogens with one attached hydrogen (secondary N) is 1. The SMILES string of the molecule is C[C@@H](O)[C@H](NC(=O)Cc1csc(-c2cccs2)n1)C(=O)O. The van der Waals surface area contributed by atoms with Crippen LogP contribution < -0.4 is 5.32 Å². The number of amides is 1. The first-order valence-corrected chi connectivity index (χ1v) is 7.92. The smallest absolute Gasteiger partial charge is 0.328 e. The molecule has 0 aliphatic carbocycles. The second kappa shape index (κ2) is 6.79. The van der Waals surface area contributed by atoms with Crippen LogP contribution in [-0.2, 0) is 16.0 Å². The molecule has 6 nitrogen and oxygen atoms in total. The Kier molecular flexibility index (Phi) is 5.05. The fourth-order valence-corrected chi connectivity index (χ4v) is 3.31. The van der Waals surface area contributed by atoms with Gasteiger partial charge in [0.15, 0.2) is 6.04 Å². The highest BCUT2D eigenvalue weighted by Crippen LogP contribution is 2.27. The summed E-state index contributed by atoms with van der Waals surface area (Å²) < 4.78 is 0. The van der Waals surface area contributed by atoms with Crippen molar-refractivity contribution < 1.29 is 19.8 Å². The van der Waals surface area contributed by atoms with Crippen LogP contribution in [0.15, 0.2) is 22.9 Å². The van der Waals surface area contributed by atoms with Gasteiger partial charge in [-0.15, -0.1) is 22.7 Å². The van der Waals surface area contributed by atoms with E-state index in [4.69, 9.17) is 5.11 Å². The maximum Gasteiger partial charge on any atom is 0.328 e. The van der Waals surface area contributed by atoms with Gasteiger partial charge in [0.25, 0.3) is 0 Å². The quantitative estimate of drug-likeness (QED) is 0.744. The molecule has 112 valence electrons. The van der Waals surface area contributed by atoms with E-state index in [2.05, 4.69) is 10.3 Å². The van der Waals surface area contributed by atoms with Crippen LogP contribution in [0.4, 0.5) is 0 Å².